The number of aromatic nitrogens is 1. The molecular weight excluding hydrogens is 306 g/mol. The highest BCUT2D eigenvalue weighted by atomic mass is 35.5. The maximum atomic E-state index is 12.8. The van der Waals surface area contributed by atoms with Crippen LogP contribution in [0.25, 0.3) is 0 Å². The molecule has 1 aromatic rings. The second-order valence-corrected chi connectivity index (χ2v) is 6.28. The van der Waals surface area contributed by atoms with Crippen LogP contribution >= 0.6 is 12.4 Å². The normalized spacial score (nSPS) is 30.9. The van der Waals surface area contributed by atoms with E-state index in [2.05, 4.69) is 10.5 Å². The zero-order valence-electron chi connectivity index (χ0n) is 12.5. The number of morpholine rings is 1. The molecule has 1 saturated heterocycles. The van der Waals surface area contributed by atoms with Gasteiger partial charge in [-0.05, 0) is 19.3 Å². The predicted molar refractivity (Wildman–Crippen MR) is 81.7 cm³/mol. The summed E-state index contributed by atoms with van der Waals surface area (Å²) in [4.78, 5) is 14.7. The average Bonchev–Trinajstić information content (AvgIpc) is 3.01. The molecule has 1 N–H and O–H groups in total. The van der Waals surface area contributed by atoms with E-state index in [-0.39, 0.29) is 24.2 Å². The van der Waals surface area contributed by atoms with Crippen LogP contribution in [0.1, 0.15) is 30.5 Å². The number of rotatable bonds is 1. The van der Waals surface area contributed by atoms with Gasteiger partial charge in [-0.3, -0.25) is 4.79 Å². The van der Waals surface area contributed by atoms with E-state index in [1.165, 1.54) is 0 Å². The second kappa shape index (κ2) is 6.56. The van der Waals surface area contributed by atoms with Crippen LogP contribution in [0.5, 0.6) is 0 Å². The molecule has 6 nitrogen and oxygen atoms in total. The van der Waals surface area contributed by atoms with Gasteiger partial charge in [0.15, 0.2) is 0 Å². The highest BCUT2D eigenvalue weighted by molar-refractivity contribution is 5.85. The fourth-order valence-electron chi connectivity index (χ4n) is 3.82. The second-order valence-electron chi connectivity index (χ2n) is 6.28. The van der Waals surface area contributed by atoms with Crippen molar-refractivity contribution in [2.75, 3.05) is 19.7 Å². The van der Waals surface area contributed by atoms with Crippen molar-refractivity contribution in [1.29, 1.82) is 0 Å². The van der Waals surface area contributed by atoms with E-state index >= 15 is 0 Å². The van der Waals surface area contributed by atoms with Crippen molar-refractivity contribution in [3.05, 3.63) is 17.5 Å². The Morgan fingerprint density at radius 2 is 2.32 bits per heavy atom. The lowest BCUT2D eigenvalue weighted by Crippen LogP contribution is -2.53. The molecule has 1 aromatic heterocycles. The van der Waals surface area contributed by atoms with Crippen LogP contribution in [0.15, 0.2) is 10.8 Å². The van der Waals surface area contributed by atoms with Gasteiger partial charge in [0, 0.05) is 37.0 Å². The van der Waals surface area contributed by atoms with Crippen LogP contribution in [0.3, 0.4) is 0 Å². The quantitative estimate of drug-likeness (QED) is 0.837. The van der Waals surface area contributed by atoms with Crippen LogP contribution in [-0.2, 0) is 22.5 Å². The summed E-state index contributed by atoms with van der Waals surface area (Å²) in [7, 11) is 0. The molecule has 1 aliphatic carbocycles. The van der Waals surface area contributed by atoms with Gasteiger partial charge in [0.05, 0.1) is 24.9 Å². The standard InChI is InChI=1S/C15H21N3O3.ClH/c19-15(18-5-3-12-11(8-18)9-21-17-12)10-1-2-14-13(7-10)16-4-6-20-14;/h9-10,13-14,16H,1-8H2;1H/t10-,13+,14+;/m0./s1. The van der Waals surface area contributed by atoms with Gasteiger partial charge in [-0.1, -0.05) is 5.16 Å². The maximum absolute atomic E-state index is 12.8. The molecule has 4 rings (SSSR count). The summed E-state index contributed by atoms with van der Waals surface area (Å²) in [6.45, 7) is 3.09. The first-order valence-electron chi connectivity index (χ1n) is 7.87. The first-order chi connectivity index (χ1) is 10.3. The van der Waals surface area contributed by atoms with E-state index in [9.17, 15) is 4.79 Å². The van der Waals surface area contributed by atoms with Crippen molar-refractivity contribution in [1.82, 2.24) is 15.4 Å². The molecule has 22 heavy (non-hydrogen) atoms. The van der Waals surface area contributed by atoms with E-state index in [0.717, 1.165) is 56.6 Å². The van der Waals surface area contributed by atoms with Gasteiger partial charge in [-0.25, -0.2) is 0 Å². The molecule has 0 unspecified atom stereocenters. The van der Waals surface area contributed by atoms with Crippen molar-refractivity contribution in [3.8, 4) is 0 Å². The number of nitrogens with one attached hydrogen (secondary N) is 1. The number of carbonyl (C=O) groups is 1. The number of hydrogen-bond acceptors (Lipinski definition) is 5. The molecule has 2 fully saturated rings. The topological polar surface area (TPSA) is 67.6 Å². The Morgan fingerprint density at radius 3 is 3.23 bits per heavy atom. The van der Waals surface area contributed by atoms with Gasteiger partial charge >= 0.3 is 0 Å². The minimum Gasteiger partial charge on any atom is -0.375 e. The SMILES string of the molecule is Cl.O=C([C@H]1CC[C@H]2OCCN[C@@H]2C1)N1CCc2nocc2C1. The Morgan fingerprint density at radius 1 is 1.41 bits per heavy atom. The highest BCUT2D eigenvalue weighted by Gasteiger charge is 2.38. The van der Waals surface area contributed by atoms with E-state index in [1.807, 2.05) is 4.90 Å². The van der Waals surface area contributed by atoms with Crippen LogP contribution < -0.4 is 5.32 Å². The largest absolute Gasteiger partial charge is 0.375 e. The van der Waals surface area contributed by atoms with Crippen molar-refractivity contribution >= 4 is 18.3 Å². The van der Waals surface area contributed by atoms with Crippen LogP contribution in [-0.4, -0.2) is 47.8 Å². The summed E-state index contributed by atoms with van der Waals surface area (Å²) < 4.78 is 10.8. The zero-order chi connectivity index (χ0) is 14.2. The van der Waals surface area contributed by atoms with Crippen LogP contribution in [0, 0.1) is 5.92 Å². The minimum absolute atomic E-state index is 0. The molecule has 2 aliphatic heterocycles. The molecule has 1 saturated carbocycles. The molecule has 0 aromatic carbocycles. The van der Waals surface area contributed by atoms with Crippen molar-refractivity contribution in [3.63, 3.8) is 0 Å². The third-order valence-electron chi connectivity index (χ3n) is 5.00. The number of nitrogens with zero attached hydrogens (tertiary/aromatic N) is 2. The summed E-state index contributed by atoms with van der Waals surface area (Å²) in [5.41, 5.74) is 2.06. The van der Waals surface area contributed by atoms with Crippen molar-refractivity contribution in [2.24, 2.45) is 5.92 Å². The number of ether oxygens (including phenoxy) is 1. The third-order valence-corrected chi connectivity index (χ3v) is 5.00. The van der Waals surface area contributed by atoms with E-state index in [1.54, 1.807) is 6.26 Å². The van der Waals surface area contributed by atoms with Crippen molar-refractivity contribution < 1.29 is 14.1 Å². The summed E-state index contributed by atoms with van der Waals surface area (Å²) >= 11 is 0. The van der Waals surface area contributed by atoms with Gasteiger partial charge in [-0.15, -0.1) is 12.4 Å². The Hall–Kier alpha value is -1.11. The van der Waals surface area contributed by atoms with E-state index in [4.69, 9.17) is 9.26 Å². The molecule has 7 heteroatoms. The molecule has 3 heterocycles. The Kier molecular flexibility index (Phi) is 4.70. The maximum Gasteiger partial charge on any atom is 0.226 e. The number of amides is 1. The molecule has 1 amide bonds. The molecule has 3 atom stereocenters. The van der Waals surface area contributed by atoms with Crippen LogP contribution in [0.4, 0.5) is 0 Å². The lowest BCUT2D eigenvalue weighted by Gasteiger charge is -2.40. The zero-order valence-corrected chi connectivity index (χ0v) is 13.3. The number of hydrogen-bond donors (Lipinski definition) is 1. The molecule has 122 valence electrons. The third kappa shape index (κ3) is 2.87. The lowest BCUT2D eigenvalue weighted by molar-refractivity contribution is -0.140. The summed E-state index contributed by atoms with van der Waals surface area (Å²) in [6, 6.07) is 0.345. The first kappa shape index (κ1) is 15.8. The first-order valence-corrected chi connectivity index (χ1v) is 7.87. The van der Waals surface area contributed by atoms with E-state index < -0.39 is 0 Å². The van der Waals surface area contributed by atoms with Gasteiger partial charge < -0.3 is 19.5 Å². The molecule has 0 radical (unpaired) electrons. The fourth-order valence-corrected chi connectivity index (χ4v) is 3.82. The molecular formula is C15H22ClN3O3. The Labute approximate surface area is 135 Å². The monoisotopic (exact) mass is 327 g/mol. The van der Waals surface area contributed by atoms with Gasteiger partial charge in [0.2, 0.25) is 5.91 Å². The van der Waals surface area contributed by atoms with Gasteiger partial charge in [-0.2, -0.15) is 0 Å². The van der Waals surface area contributed by atoms with Gasteiger partial charge in [0.25, 0.3) is 0 Å². The predicted octanol–water partition coefficient (Wildman–Crippen LogP) is 1.14. The smallest absolute Gasteiger partial charge is 0.226 e. The summed E-state index contributed by atoms with van der Waals surface area (Å²) in [5.74, 6) is 0.412. The summed E-state index contributed by atoms with van der Waals surface area (Å²) in [6.07, 6.45) is 5.60. The van der Waals surface area contributed by atoms with Gasteiger partial charge in [0.1, 0.15) is 6.26 Å². The number of halogens is 1. The van der Waals surface area contributed by atoms with Crippen molar-refractivity contribution in [2.45, 2.75) is 44.4 Å². The van der Waals surface area contributed by atoms with E-state index in [0.29, 0.717) is 18.7 Å². The molecule has 3 aliphatic rings. The Balaban J connectivity index is 0.00000144. The minimum atomic E-state index is 0. The average molecular weight is 328 g/mol. The number of carbonyl (C=O) groups excluding carboxylic acids is 1. The Bertz CT molecular complexity index is 536. The lowest BCUT2D eigenvalue weighted by atomic mass is 9.82. The van der Waals surface area contributed by atoms with Crippen LogP contribution in [0.2, 0.25) is 0 Å². The summed E-state index contributed by atoms with van der Waals surface area (Å²) in [5, 5.41) is 7.48. The number of fused-ring (bicyclic) bond motifs is 2. The fraction of sp³-hybridized carbons (Fsp3) is 0.733. The molecule has 0 spiro atoms. The highest BCUT2D eigenvalue weighted by Crippen LogP contribution is 2.30. The molecule has 0 bridgehead atoms.